The molecule has 0 radical (unpaired) electrons. The van der Waals surface area contributed by atoms with E-state index in [0.29, 0.717) is 18.7 Å². The van der Waals surface area contributed by atoms with Crippen molar-refractivity contribution in [2.75, 3.05) is 20.3 Å². The first-order valence-corrected chi connectivity index (χ1v) is 6.07. The number of aromatic hydroxyl groups is 1. The highest BCUT2D eigenvalue weighted by Gasteiger charge is 2.20. The number of nitrogens with one attached hydrogen (secondary N) is 2. The van der Waals surface area contributed by atoms with E-state index in [9.17, 15) is 9.59 Å². The van der Waals surface area contributed by atoms with Gasteiger partial charge in [0.15, 0.2) is 0 Å². The lowest BCUT2D eigenvalue weighted by Gasteiger charge is -2.15. The SMILES string of the molecule is COCCNC(=O)N[C@H](Cc1ccc(O)cc1)C(=O)O. The number of phenols is 1. The lowest BCUT2D eigenvalue weighted by atomic mass is 10.1. The molecule has 7 nitrogen and oxygen atoms in total. The fourth-order valence-electron chi connectivity index (χ4n) is 1.54. The third-order valence-electron chi connectivity index (χ3n) is 2.57. The van der Waals surface area contributed by atoms with Crippen LogP contribution in [0.15, 0.2) is 24.3 Å². The summed E-state index contributed by atoms with van der Waals surface area (Å²) in [6.07, 6.45) is 0.132. The summed E-state index contributed by atoms with van der Waals surface area (Å²) in [4.78, 5) is 22.6. The molecule has 0 aromatic heterocycles. The Kier molecular flexibility index (Phi) is 6.31. The van der Waals surface area contributed by atoms with Gasteiger partial charge in [-0.25, -0.2) is 9.59 Å². The molecule has 0 saturated carbocycles. The molecular weight excluding hydrogens is 264 g/mol. The smallest absolute Gasteiger partial charge is 0.326 e. The summed E-state index contributed by atoms with van der Waals surface area (Å²) in [5.41, 5.74) is 0.701. The Bertz CT molecular complexity index is 447. The number of phenolic OH excluding ortho intramolecular Hbond substituents is 1. The van der Waals surface area contributed by atoms with Crippen LogP contribution in [0.5, 0.6) is 5.75 Å². The molecule has 0 spiro atoms. The van der Waals surface area contributed by atoms with Gasteiger partial charge in [-0.15, -0.1) is 0 Å². The lowest BCUT2D eigenvalue weighted by Crippen LogP contribution is -2.47. The summed E-state index contributed by atoms with van der Waals surface area (Å²) in [7, 11) is 1.50. The maximum absolute atomic E-state index is 11.5. The largest absolute Gasteiger partial charge is 0.508 e. The summed E-state index contributed by atoms with van der Waals surface area (Å²) in [5.74, 6) is -1.02. The first-order valence-electron chi connectivity index (χ1n) is 6.07. The molecule has 4 N–H and O–H groups in total. The lowest BCUT2D eigenvalue weighted by molar-refractivity contribution is -0.139. The van der Waals surface area contributed by atoms with Gasteiger partial charge in [-0.1, -0.05) is 12.1 Å². The summed E-state index contributed by atoms with van der Waals surface area (Å²) in [6.45, 7) is 0.650. The van der Waals surface area contributed by atoms with E-state index >= 15 is 0 Å². The Hall–Kier alpha value is -2.28. The predicted molar refractivity (Wildman–Crippen MR) is 71.6 cm³/mol. The van der Waals surface area contributed by atoms with Crippen LogP contribution in [0.25, 0.3) is 0 Å². The number of rotatable bonds is 7. The number of hydrogen-bond donors (Lipinski definition) is 4. The summed E-state index contributed by atoms with van der Waals surface area (Å²) in [5, 5.41) is 23.1. The fraction of sp³-hybridized carbons (Fsp3) is 0.385. The Labute approximate surface area is 116 Å². The van der Waals surface area contributed by atoms with Crippen molar-refractivity contribution >= 4 is 12.0 Å². The molecule has 7 heteroatoms. The highest BCUT2D eigenvalue weighted by atomic mass is 16.5. The second-order valence-electron chi connectivity index (χ2n) is 4.15. The zero-order valence-corrected chi connectivity index (χ0v) is 11.1. The first-order chi connectivity index (χ1) is 9.52. The summed E-state index contributed by atoms with van der Waals surface area (Å²) < 4.78 is 4.77. The van der Waals surface area contributed by atoms with Gasteiger partial charge in [0.05, 0.1) is 6.61 Å². The third-order valence-corrected chi connectivity index (χ3v) is 2.57. The van der Waals surface area contributed by atoms with Crippen LogP contribution in [-0.4, -0.2) is 48.5 Å². The number of carbonyl (C=O) groups is 2. The zero-order chi connectivity index (χ0) is 15.0. The molecule has 0 fully saturated rings. The van der Waals surface area contributed by atoms with Crippen molar-refractivity contribution in [3.8, 4) is 5.75 Å². The summed E-state index contributed by atoms with van der Waals surface area (Å²) in [6, 6.07) is 4.54. The molecule has 0 aliphatic rings. The minimum atomic E-state index is -1.13. The van der Waals surface area contributed by atoms with E-state index in [1.54, 1.807) is 12.1 Å². The minimum absolute atomic E-state index is 0.103. The van der Waals surface area contributed by atoms with Gasteiger partial charge >= 0.3 is 12.0 Å². The van der Waals surface area contributed by atoms with Crippen LogP contribution < -0.4 is 10.6 Å². The van der Waals surface area contributed by atoms with Gasteiger partial charge in [0.25, 0.3) is 0 Å². The van der Waals surface area contributed by atoms with Gasteiger partial charge in [-0.3, -0.25) is 0 Å². The molecule has 1 atom stereocenters. The van der Waals surface area contributed by atoms with Crippen molar-refractivity contribution in [2.24, 2.45) is 0 Å². The number of carboxylic acid groups (broad SMARTS) is 1. The molecule has 0 heterocycles. The van der Waals surface area contributed by atoms with Crippen molar-refractivity contribution in [2.45, 2.75) is 12.5 Å². The monoisotopic (exact) mass is 282 g/mol. The quantitative estimate of drug-likeness (QED) is 0.539. The van der Waals surface area contributed by atoms with Gasteiger partial charge in [0, 0.05) is 20.1 Å². The number of ether oxygens (including phenoxy) is 1. The van der Waals surface area contributed by atoms with E-state index in [0.717, 1.165) is 0 Å². The van der Waals surface area contributed by atoms with Gasteiger partial charge in [0.1, 0.15) is 11.8 Å². The minimum Gasteiger partial charge on any atom is -0.508 e. The molecule has 0 aliphatic heterocycles. The second-order valence-corrected chi connectivity index (χ2v) is 4.15. The molecule has 0 bridgehead atoms. The van der Waals surface area contributed by atoms with Gasteiger partial charge in [0.2, 0.25) is 0 Å². The maximum Gasteiger partial charge on any atom is 0.326 e. The molecule has 1 aromatic rings. The van der Waals surface area contributed by atoms with Crippen LogP contribution in [0.3, 0.4) is 0 Å². The Morgan fingerprint density at radius 2 is 1.95 bits per heavy atom. The summed E-state index contributed by atoms with van der Waals surface area (Å²) >= 11 is 0. The van der Waals surface area contributed by atoms with Crippen molar-refractivity contribution in [3.05, 3.63) is 29.8 Å². The molecule has 0 aliphatic carbocycles. The Balaban J connectivity index is 2.54. The average Bonchev–Trinajstić information content (AvgIpc) is 2.40. The van der Waals surface area contributed by atoms with E-state index in [4.69, 9.17) is 14.9 Å². The van der Waals surface area contributed by atoms with Crippen LogP contribution in [-0.2, 0) is 16.0 Å². The number of carboxylic acids is 1. The second kappa shape index (κ2) is 8.00. The van der Waals surface area contributed by atoms with Crippen molar-refractivity contribution < 1.29 is 24.5 Å². The normalized spacial score (nSPS) is 11.7. The van der Waals surface area contributed by atoms with Crippen molar-refractivity contribution in [3.63, 3.8) is 0 Å². The number of amides is 2. The molecule has 0 saturated heterocycles. The highest BCUT2D eigenvalue weighted by molar-refractivity contribution is 5.82. The number of carbonyl (C=O) groups excluding carboxylic acids is 1. The molecule has 1 aromatic carbocycles. The predicted octanol–water partition coefficient (Wildman–Crippen LogP) is 0.333. The Morgan fingerprint density at radius 1 is 1.30 bits per heavy atom. The molecule has 110 valence electrons. The van der Waals surface area contributed by atoms with Crippen LogP contribution in [0.2, 0.25) is 0 Å². The highest BCUT2D eigenvalue weighted by Crippen LogP contribution is 2.11. The van der Waals surface area contributed by atoms with Crippen LogP contribution in [0.1, 0.15) is 5.56 Å². The van der Waals surface area contributed by atoms with E-state index < -0.39 is 18.0 Å². The van der Waals surface area contributed by atoms with E-state index in [2.05, 4.69) is 10.6 Å². The van der Waals surface area contributed by atoms with Gasteiger partial charge < -0.3 is 25.6 Å². The topological polar surface area (TPSA) is 108 Å². The number of urea groups is 1. The van der Waals surface area contributed by atoms with Crippen molar-refractivity contribution in [1.82, 2.24) is 10.6 Å². The number of methoxy groups -OCH3 is 1. The maximum atomic E-state index is 11.5. The number of aliphatic carboxylic acids is 1. The standard InChI is InChI=1S/C13H18N2O5/c1-20-7-6-14-13(19)15-11(12(17)18)8-9-2-4-10(16)5-3-9/h2-5,11,16H,6-8H2,1H3,(H,17,18)(H2,14,15,19)/t11-/m1/s1. The van der Waals surface area contributed by atoms with E-state index in [1.807, 2.05) is 0 Å². The molecule has 20 heavy (non-hydrogen) atoms. The first kappa shape index (κ1) is 15.8. The third kappa shape index (κ3) is 5.57. The number of benzene rings is 1. The van der Waals surface area contributed by atoms with E-state index in [1.165, 1.54) is 19.2 Å². The van der Waals surface area contributed by atoms with Crippen LogP contribution >= 0.6 is 0 Å². The van der Waals surface area contributed by atoms with E-state index in [-0.39, 0.29) is 12.2 Å². The molecule has 0 unspecified atom stereocenters. The van der Waals surface area contributed by atoms with Crippen LogP contribution in [0, 0.1) is 0 Å². The number of hydrogen-bond acceptors (Lipinski definition) is 4. The molecule has 2 amide bonds. The van der Waals surface area contributed by atoms with Crippen LogP contribution in [0.4, 0.5) is 4.79 Å². The van der Waals surface area contributed by atoms with Crippen molar-refractivity contribution in [1.29, 1.82) is 0 Å². The average molecular weight is 282 g/mol. The Morgan fingerprint density at radius 3 is 2.50 bits per heavy atom. The molecule has 1 rings (SSSR count). The zero-order valence-electron chi connectivity index (χ0n) is 11.1. The van der Waals surface area contributed by atoms with Gasteiger partial charge in [-0.2, -0.15) is 0 Å². The fourth-order valence-corrected chi connectivity index (χ4v) is 1.54. The van der Waals surface area contributed by atoms with Gasteiger partial charge in [-0.05, 0) is 17.7 Å². The molecular formula is C13H18N2O5.